The predicted octanol–water partition coefficient (Wildman–Crippen LogP) is 15.1. The van der Waals surface area contributed by atoms with E-state index in [0.29, 0.717) is 0 Å². The molecule has 0 atom stereocenters. The Morgan fingerprint density at radius 1 is 0.263 bits per heavy atom. The summed E-state index contributed by atoms with van der Waals surface area (Å²) in [5.74, 6) is 0. The van der Waals surface area contributed by atoms with E-state index >= 15 is 0 Å². The maximum Gasteiger partial charge on any atom is 0.0719 e. The fourth-order valence-electron chi connectivity index (χ4n) is 10.2. The summed E-state index contributed by atoms with van der Waals surface area (Å²) in [6.07, 6.45) is 0. The maximum atomic E-state index is 2.53. The van der Waals surface area contributed by atoms with Crippen molar-refractivity contribution in [3.8, 4) is 33.4 Å². The van der Waals surface area contributed by atoms with E-state index in [1.165, 1.54) is 109 Å². The molecule has 0 spiro atoms. The van der Waals surface area contributed by atoms with Crippen molar-refractivity contribution in [3.05, 3.63) is 241 Å². The largest absolute Gasteiger partial charge is 0.0719 e. The average molecular weight is 721 g/mol. The van der Waals surface area contributed by atoms with Gasteiger partial charge in [-0.3, -0.25) is 0 Å². The molecule has 1 aliphatic rings. The van der Waals surface area contributed by atoms with E-state index in [2.05, 4.69) is 218 Å². The van der Waals surface area contributed by atoms with Crippen molar-refractivity contribution in [1.82, 2.24) is 0 Å². The molecule has 0 saturated heterocycles. The minimum absolute atomic E-state index is 0.572. The van der Waals surface area contributed by atoms with Gasteiger partial charge in [-0.15, -0.1) is 0 Å². The molecule has 0 saturated carbocycles. The van der Waals surface area contributed by atoms with Crippen LogP contribution in [0.15, 0.2) is 218 Å². The molecule has 1 aliphatic carbocycles. The minimum atomic E-state index is -0.572. The molecule has 0 bridgehead atoms. The Labute approximate surface area is 331 Å². The van der Waals surface area contributed by atoms with Gasteiger partial charge in [-0.25, -0.2) is 0 Å². The van der Waals surface area contributed by atoms with Gasteiger partial charge in [0.05, 0.1) is 5.41 Å². The Morgan fingerprint density at radius 2 is 0.860 bits per heavy atom. The zero-order valence-electron chi connectivity index (χ0n) is 31.3. The lowest BCUT2D eigenvalue weighted by Crippen LogP contribution is -2.29. The smallest absolute Gasteiger partial charge is 0.0622 e. The highest BCUT2D eigenvalue weighted by Gasteiger charge is 2.47. The normalized spacial score (nSPS) is 13.1. The first-order valence-corrected chi connectivity index (χ1v) is 19.9. The van der Waals surface area contributed by atoms with Crippen LogP contribution in [0, 0.1) is 0 Å². The van der Waals surface area contributed by atoms with Crippen molar-refractivity contribution in [3.63, 3.8) is 0 Å². The number of benzene rings is 11. The summed E-state index contributed by atoms with van der Waals surface area (Å²) >= 11 is 0. The Balaban J connectivity index is 1.19. The fraction of sp³-hybridized carbons (Fsp3) is 0.0175. The van der Waals surface area contributed by atoms with E-state index in [1.807, 2.05) is 0 Å². The van der Waals surface area contributed by atoms with Crippen LogP contribution in [0.4, 0.5) is 0 Å². The Morgan fingerprint density at radius 3 is 1.65 bits per heavy atom. The number of hydrogen-bond donors (Lipinski definition) is 0. The van der Waals surface area contributed by atoms with Gasteiger partial charge in [0.25, 0.3) is 0 Å². The first-order valence-electron chi connectivity index (χ1n) is 19.9. The van der Waals surface area contributed by atoms with Crippen molar-refractivity contribution >= 4 is 53.9 Å². The van der Waals surface area contributed by atoms with Gasteiger partial charge < -0.3 is 0 Å². The van der Waals surface area contributed by atoms with Gasteiger partial charge in [-0.05, 0) is 128 Å². The van der Waals surface area contributed by atoms with Crippen LogP contribution >= 0.6 is 0 Å². The molecular weight excluding hydrogens is 685 g/mol. The van der Waals surface area contributed by atoms with Gasteiger partial charge in [0.15, 0.2) is 0 Å². The van der Waals surface area contributed by atoms with Gasteiger partial charge in [0, 0.05) is 0 Å². The Bertz CT molecular complexity index is 3350. The summed E-state index contributed by atoms with van der Waals surface area (Å²) in [6.45, 7) is 0. The van der Waals surface area contributed by atoms with Crippen molar-refractivity contribution in [2.75, 3.05) is 0 Å². The molecule has 0 heteroatoms. The van der Waals surface area contributed by atoms with Crippen LogP contribution in [0.5, 0.6) is 0 Å². The van der Waals surface area contributed by atoms with E-state index in [-0.39, 0.29) is 0 Å². The zero-order chi connectivity index (χ0) is 37.5. The molecule has 0 fully saturated rings. The summed E-state index contributed by atoms with van der Waals surface area (Å²) in [6, 6.07) is 81.7. The summed E-state index contributed by atoms with van der Waals surface area (Å²) in [4.78, 5) is 0. The Kier molecular flexibility index (Phi) is 6.94. The SMILES string of the molecule is c1ccc(C2(c3ccccc3)c3cc(-c4c5ccccc5cc5c4ccc4ccccc45)ccc3-c3ccc4c(-c5ccc6ccccc6c5)cccc4c32)cc1. The maximum absolute atomic E-state index is 2.53. The van der Waals surface area contributed by atoms with Gasteiger partial charge in [-0.2, -0.15) is 0 Å². The molecule has 0 heterocycles. The number of hydrogen-bond acceptors (Lipinski definition) is 0. The van der Waals surface area contributed by atoms with Gasteiger partial charge >= 0.3 is 0 Å². The van der Waals surface area contributed by atoms with Gasteiger partial charge in [0.1, 0.15) is 0 Å². The molecule has 0 aromatic heterocycles. The quantitative estimate of drug-likeness (QED) is 0.125. The molecule has 11 aromatic carbocycles. The standard InChI is InChI=1S/C57H36/c1-3-18-43(19-4-1)57(44-20-5-2-6-21-44)54-36-42(55-47-23-12-10-17-40(47)35-53-45-22-11-9-15-38(45)28-31-50(53)55)29-30-49(54)52-33-32-48-46(24-13-25-51(48)56(52)57)41-27-26-37-14-7-8-16-39(37)34-41/h1-36H. The summed E-state index contributed by atoms with van der Waals surface area (Å²) < 4.78 is 0. The predicted molar refractivity (Wildman–Crippen MR) is 242 cm³/mol. The molecule has 0 amide bonds. The van der Waals surface area contributed by atoms with Crippen LogP contribution in [0.25, 0.3) is 87.2 Å². The van der Waals surface area contributed by atoms with Crippen LogP contribution < -0.4 is 0 Å². The number of rotatable bonds is 4. The fourth-order valence-corrected chi connectivity index (χ4v) is 10.2. The third-order valence-corrected chi connectivity index (χ3v) is 12.7. The second-order valence-corrected chi connectivity index (χ2v) is 15.5. The second-order valence-electron chi connectivity index (χ2n) is 15.5. The lowest BCUT2D eigenvalue weighted by Gasteiger charge is -2.35. The first kappa shape index (κ1) is 32.0. The van der Waals surface area contributed by atoms with Gasteiger partial charge in [0.2, 0.25) is 0 Å². The molecular formula is C57H36. The third kappa shape index (κ3) is 4.62. The highest BCUT2D eigenvalue weighted by Crippen LogP contribution is 2.59. The third-order valence-electron chi connectivity index (χ3n) is 12.7. The van der Waals surface area contributed by atoms with E-state index in [4.69, 9.17) is 0 Å². The zero-order valence-corrected chi connectivity index (χ0v) is 31.3. The lowest BCUT2D eigenvalue weighted by atomic mass is 9.66. The molecule has 0 nitrogen and oxygen atoms in total. The minimum Gasteiger partial charge on any atom is -0.0622 e. The van der Waals surface area contributed by atoms with Crippen LogP contribution in [0.3, 0.4) is 0 Å². The van der Waals surface area contributed by atoms with Crippen LogP contribution in [0.1, 0.15) is 22.3 Å². The van der Waals surface area contributed by atoms with Crippen molar-refractivity contribution in [2.24, 2.45) is 0 Å². The molecule has 0 radical (unpaired) electrons. The van der Waals surface area contributed by atoms with Crippen LogP contribution in [-0.4, -0.2) is 0 Å². The summed E-state index contributed by atoms with van der Waals surface area (Å²) in [5.41, 5.74) is 12.2. The highest BCUT2D eigenvalue weighted by molar-refractivity contribution is 6.20. The molecule has 264 valence electrons. The van der Waals surface area contributed by atoms with E-state index in [9.17, 15) is 0 Å². The van der Waals surface area contributed by atoms with Gasteiger partial charge in [-0.1, -0.05) is 200 Å². The second kappa shape index (κ2) is 12.4. The molecule has 57 heavy (non-hydrogen) atoms. The average Bonchev–Trinajstić information content (AvgIpc) is 3.59. The van der Waals surface area contributed by atoms with Crippen molar-refractivity contribution in [1.29, 1.82) is 0 Å². The van der Waals surface area contributed by atoms with E-state index in [1.54, 1.807) is 0 Å². The first-order chi connectivity index (χ1) is 28.3. The van der Waals surface area contributed by atoms with Crippen LogP contribution in [-0.2, 0) is 5.41 Å². The molecule has 12 rings (SSSR count). The summed E-state index contributed by atoms with van der Waals surface area (Å²) in [7, 11) is 0. The number of fused-ring (bicyclic) bond motifs is 10. The molecule has 11 aromatic rings. The summed E-state index contributed by atoms with van der Waals surface area (Å²) in [5, 5.41) is 12.7. The molecule has 0 N–H and O–H groups in total. The van der Waals surface area contributed by atoms with E-state index < -0.39 is 5.41 Å². The van der Waals surface area contributed by atoms with Crippen LogP contribution in [0.2, 0.25) is 0 Å². The highest BCUT2D eigenvalue weighted by atomic mass is 14.5. The molecule has 0 aliphatic heterocycles. The molecule has 0 unspecified atom stereocenters. The monoisotopic (exact) mass is 720 g/mol. The lowest BCUT2D eigenvalue weighted by molar-refractivity contribution is 0.776. The van der Waals surface area contributed by atoms with Crippen molar-refractivity contribution in [2.45, 2.75) is 5.41 Å². The van der Waals surface area contributed by atoms with E-state index in [0.717, 1.165) is 0 Å². The topological polar surface area (TPSA) is 0 Å². The Hall–Kier alpha value is -7.28. The van der Waals surface area contributed by atoms with Crippen molar-refractivity contribution < 1.29 is 0 Å².